The molecule has 250 valence electrons. The molecule has 0 aliphatic rings. The largest absolute Gasteiger partial charge is 0.264 e. The van der Waals surface area contributed by atoms with Crippen molar-refractivity contribution in [2.75, 3.05) is 0 Å². The van der Waals surface area contributed by atoms with Crippen LogP contribution < -0.4 is 0 Å². The van der Waals surface area contributed by atoms with Gasteiger partial charge in [-0.3, -0.25) is 9.97 Å². The first-order chi connectivity index (χ1) is 26.7. The maximum absolute atomic E-state index is 5.18. The zero-order chi connectivity index (χ0) is 35.6. The number of rotatable bonds is 4. The molecule has 5 nitrogen and oxygen atoms in total. The van der Waals surface area contributed by atoms with Crippen molar-refractivity contribution in [3.8, 4) is 44.9 Å². The van der Waals surface area contributed by atoms with Crippen LogP contribution >= 0.6 is 0 Å². The van der Waals surface area contributed by atoms with E-state index in [1.54, 1.807) is 0 Å². The number of nitrogens with zero attached hydrogens (tertiary/aromatic N) is 5. The van der Waals surface area contributed by atoms with Gasteiger partial charge in [-0.05, 0) is 81.9 Å². The third-order valence-electron chi connectivity index (χ3n) is 10.6. The molecule has 0 saturated carbocycles. The lowest BCUT2D eigenvalue weighted by atomic mass is 9.95. The molecule has 0 radical (unpaired) electrons. The molecular weight excluding hydrogens is 659 g/mol. The molecule has 0 spiro atoms. The Balaban J connectivity index is 0.934. The molecule has 5 heteroatoms. The number of pyridine rings is 5. The monoisotopic (exact) mass is 687 g/mol. The lowest BCUT2D eigenvalue weighted by Gasteiger charge is -2.13. The van der Waals surface area contributed by atoms with Crippen LogP contribution in [0.15, 0.2) is 176 Å². The van der Waals surface area contributed by atoms with Crippen molar-refractivity contribution < 1.29 is 0 Å². The number of benzene rings is 6. The highest BCUT2D eigenvalue weighted by Gasteiger charge is 2.14. The number of fused-ring (bicyclic) bond motifs is 7. The minimum absolute atomic E-state index is 0.916. The second-order valence-electron chi connectivity index (χ2n) is 13.7. The van der Waals surface area contributed by atoms with E-state index in [2.05, 4.69) is 162 Å². The van der Waals surface area contributed by atoms with Gasteiger partial charge in [-0.1, -0.05) is 103 Å². The summed E-state index contributed by atoms with van der Waals surface area (Å²) in [5.74, 6) is 0. The topological polar surface area (TPSA) is 64.5 Å². The van der Waals surface area contributed by atoms with E-state index in [1.807, 2.05) is 24.7 Å². The predicted molar refractivity (Wildman–Crippen MR) is 222 cm³/mol. The Morgan fingerprint density at radius 1 is 0.333 bits per heavy atom. The van der Waals surface area contributed by atoms with Gasteiger partial charge in [-0.2, -0.15) is 0 Å². The number of hydrogen-bond acceptors (Lipinski definition) is 5. The molecule has 0 bridgehead atoms. The van der Waals surface area contributed by atoms with Crippen molar-refractivity contribution >= 4 is 65.2 Å². The van der Waals surface area contributed by atoms with E-state index in [9.17, 15) is 0 Å². The van der Waals surface area contributed by atoms with Crippen LogP contribution in [0.5, 0.6) is 0 Å². The summed E-state index contributed by atoms with van der Waals surface area (Å²) in [6, 6.07) is 55.4. The van der Waals surface area contributed by atoms with Gasteiger partial charge in [0.2, 0.25) is 0 Å². The molecule has 0 amide bonds. The molecule has 11 rings (SSSR count). The Morgan fingerprint density at radius 2 is 0.907 bits per heavy atom. The highest BCUT2D eigenvalue weighted by Crippen LogP contribution is 2.37. The van der Waals surface area contributed by atoms with E-state index < -0.39 is 0 Å². The van der Waals surface area contributed by atoms with Gasteiger partial charge in [-0.15, -0.1) is 0 Å². The fraction of sp³-hybridized carbons (Fsp3) is 0. The molecular formula is C49H29N5. The Kier molecular flexibility index (Phi) is 6.79. The molecule has 0 aliphatic carbocycles. The first-order valence-corrected chi connectivity index (χ1v) is 18.1. The van der Waals surface area contributed by atoms with Crippen LogP contribution in [-0.4, -0.2) is 24.9 Å². The fourth-order valence-corrected chi connectivity index (χ4v) is 7.88. The molecule has 0 unspecified atom stereocenters. The van der Waals surface area contributed by atoms with Crippen LogP contribution in [-0.2, 0) is 0 Å². The van der Waals surface area contributed by atoms with Gasteiger partial charge < -0.3 is 0 Å². The molecule has 0 N–H and O–H groups in total. The highest BCUT2D eigenvalue weighted by molar-refractivity contribution is 6.07. The molecule has 5 heterocycles. The van der Waals surface area contributed by atoms with Crippen molar-refractivity contribution in [2.24, 2.45) is 0 Å². The Bertz CT molecular complexity index is 3290. The van der Waals surface area contributed by atoms with Crippen LogP contribution in [0, 0.1) is 0 Å². The van der Waals surface area contributed by atoms with E-state index >= 15 is 0 Å². The zero-order valence-electron chi connectivity index (χ0n) is 29.0. The predicted octanol–water partition coefficient (Wildman–Crippen LogP) is 12.2. The molecule has 11 aromatic rings. The summed E-state index contributed by atoms with van der Waals surface area (Å²) in [6.45, 7) is 0. The van der Waals surface area contributed by atoms with Gasteiger partial charge in [-0.25, -0.2) is 15.0 Å². The maximum Gasteiger partial charge on any atom is 0.0972 e. The molecule has 54 heavy (non-hydrogen) atoms. The molecule has 6 aromatic carbocycles. The van der Waals surface area contributed by atoms with Crippen molar-refractivity contribution in [3.63, 3.8) is 0 Å². The smallest absolute Gasteiger partial charge is 0.0972 e. The molecule has 0 aliphatic heterocycles. The Morgan fingerprint density at radius 3 is 1.59 bits per heavy atom. The molecule has 0 atom stereocenters. The van der Waals surface area contributed by atoms with Gasteiger partial charge in [0.15, 0.2) is 0 Å². The van der Waals surface area contributed by atoms with Gasteiger partial charge in [0.25, 0.3) is 0 Å². The van der Waals surface area contributed by atoms with Crippen molar-refractivity contribution in [1.29, 1.82) is 0 Å². The van der Waals surface area contributed by atoms with Crippen molar-refractivity contribution in [3.05, 3.63) is 176 Å². The third-order valence-corrected chi connectivity index (χ3v) is 10.6. The van der Waals surface area contributed by atoms with Crippen LogP contribution in [0.1, 0.15) is 0 Å². The lowest BCUT2D eigenvalue weighted by Crippen LogP contribution is -1.92. The standard InChI is InChI=1S/C49H29N5/c1-2-8-39-38(7-1)41(17-18-42(39)47-21-12-31-11-10-30-6-4-25-51-48(30)49(31)54-47)46-23-16-35-28-33(14-20-44(35)53-46)32-13-19-43-34(27-32)15-22-45(52-43)40-9-3-5-36-29-50-26-24-37(36)40/h1-29H. The fourth-order valence-electron chi connectivity index (χ4n) is 7.88. The Labute approximate surface area is 310 Å². The SMILES string of the molecule is c1cc(-c2ccc3cc(-c4ccc5nc(-c6ccc(-c7ccc8ccc9cccnc9c8n7)c7ccccc67)ccc5c4)ccc3n2)c2ccncc2c1. The summed E-state index contributed by atoms with van der Waals surface area (Å²) >= 11 is 0. The second-order valence-corrected chi connectivity index (χ2v) is 13.7. The maximum atomic E-state index is 5.18. The van der Waals surface area contributed by atoms with Gasteiger partial charge >= 0.3 is 0 Å². The quantitative estimate of drug-likeness (QED) is 0.172. The van der Waals surface area contributed by atoms with E-state index in [0.717, 1.165) is 110 Å². The summed E-state index contributed by atoms with van der Waals surface area (Å²) in [6.07, 6.45) is 5.57. The van der Waals surface area contributed by atoms with Crippen LogP contribution in [0.3, 0.4) is 0 Å². The molecule has 5 aromatic heterocycles. The van der Waals surface area contributed by atoms with E-state index in [4.69, 9.17) is 15.0 Å². The average molecular weight is 688 g/mol. The van der Waals surface area contributed by atoms with E-state index in [0.29, 0.717) is 0 Å². The highest BCUT2D eigenvalue weighted by atomic mass is 14.8. The van der Waals surface area contributed by atoms with E-state index in [1.165, 1.54) is 0 Å². The minimum atomic E-state index is 0.916. The number of aromatic nitrogens is 5. The minimum Gasteiger partial charge on any atom is -0.264 e. The van der Waals surface area contributed by atoms with Crippen molar-refractivity contribution in [2.45, 2.75) is 0 Å². The lowest BCUT2D eigenvalue weighted by molar-refractivity contribution is 1.36. The van der Waals surface area contributed by atoms with Gasteiger partial charge in [0.05, 0.1) is 39.1 Å². The summed E-state index contributed by atoms with van der Waals surface area (Å²) in [5, 5.41) is 8.91. The first-order valence-electron chi connectivity index (χ1n) is 18.1. The summed E-state index contributed by atoms with van der Waals surface area (Å²) < 4.78 is 0. The summed E-state index contributed by atoms with van der Waals surface area (Å²) in [5.41, 5.74) is 12.2. The van der Waals surface area contributed by atoms with Crippen LogP contribution in [0.2, 0.25) is 0 Å². The average Bonchev–Trinajstić information content (AvgIpc) is 3.25. The second kappa shape index (κ2) is 12.1. The number of hydrogen-bond donors (Lipinski definition) is 0. The van der Waals surface area contributed by atoms with Crippen molar-refractivity contribution in [1.82, 2.24) is 24.9 Å². The van der Waals surface area contributed by atoms with E-state index in [-0.39, 0.29) is 0 Å². The van der Waals surface area contributed by atoms with Crippen LogP contribution in [0.4, 0.5) is 0 Å². The third kappa shape index (κ3) is 4.98. The molecule has 0 fully saturated rings. The first kappa shape index (κ1) is 30.3. The zero-order valence-corrected chi connectivity index (χ0v) is 29.0. The van der Waals surface area contributed by atoms with Gasteiger partial charge in [0.1, 0.15) is 0 Å². The molecule has 0 saturated heterocycles. The summed E-state index contributed by atoms with van der Waals surface area (Å²) in [7, 11) is 0. The summed E-state index contributed by atoms with van der Waals surface area (Å²) in [4.78, 5) is 24.3. The van der Waals surface area contributed by atoms with Gasteiger partial charge in [0, 0.05) is 62.2 Å². The van der Waals surface area contributed by atoms with Crippen LogP contribution in [0.25, 0.3) is 110 Å². The normalized spacial score (nSPS) is 11.7. The Hall–Kier alpha value is -7.37.